The van der Waals surface area contributed by atoms with Gasteiger partial charge in [0, 0.05) is 16.2 Å². The van der Waals surface area contributed by atoms with E-state index in [1.165, 1.54) is 6.07 Å². The number of nitrogens with one attached hydrogen (secondary N) is 1. The number of carbonyl (C=O) groups excluding carboxylic acids is 2. The Kier molecular flexibility index (Phi) is 6.51. The molecule has 1 rings (SSSR count). The van der Waals surface area contributed by atoms with Gasteiger partial charge in [0.25, 0.3) is 5.91 Å². The van der Waals surface area contributed by atoms with E-state index in [9.17, 15) is 9.59 Å². The number of nitrogens with two attached hydrogens (primary N) is 1. The number of carbonyl (C=O) groups is 2. The highest BCUT2D eigenvalue weighted by atomic mass is 79.9. The summed E-state index contributed by atoms with van der Waals surface area (Å²) >= 11 is 3.25. The van der Waals surface area contributed by atoms with Crippen molar-refractivity contribution in [1.82, 2.24) is 5.32 Å². The summed E-state index contributed by atoms with van der Waals surface area (Å²) in [6.07, 6.45) is 1.69. The molecule has 20 heavy (non-hydrogen) atoms. The highest BCUT2D eigenvalue weighted by molar-refractivity contribution is 9.10. The summed E-state index contributed by atoms with van der Waals surface area (Å²) in [6, 6.07) is 4.89. The molecule has 0 aliphatic carbocycles. The third kappa shape index (κ3) is 5.21. The largest absolute Gasteiger partial charge is 0.452 e. The molecule has 0 saturated carbocycles. The number of esters is 1. The molecule has 0 unspecified atom stereocenters. The molecule has 3 N–H and O–H groups in total. The maximum atomic E-state index is 11.8. The molecule has 1 amide bonds. The Morgan fingerprint density at radius 3 is 2.50 bits per heavy atom. The van der Waals surface area contributed by atoms with Crippen molar-refractivity contribution >= 4 is 33.5 Å². The van der Waals surface area contributed by atoms with E-state index in [1.54, 1.807) is 12.1 Å². The molecule has 0 aromatic heterocycles. The van der Waals surface area contributed by atoms with E-state index in [0.29, 0.717) is 15.7 Å². The molecule has 0 aliphatic heterocycles. The summed E-state index contributed by atoms with van der Waals surface area (Å²) in [5.74, 6) is -0.868. The maximum Gasteiger partial charge on any atom is 0.338 e. The van der Waals surface area contributed by atoms with Gasteiger partial charge in [-0.1, -0.05) is 29.8 Å². The van der Waals surface area contributed by atoms with Crippen LogP contribution in [0.3, 0.4) is 0 Å². The van der Waals surface area contributed by atoms with Gasteiger partial charge in [-0.05, 0) is 31.0 Å². The van der Waals surface area contributed by atoms with Crippen molar-refractivity contribution in [1.29, 1.82) is 0 Å². The van der Waals surface area contributed by atoms with Gasteiger partial charge in [-0.2, -0.15) is 0 Å². The normalized spacial score (nSPS) is 10.4. The summed E-state index contributed by atoms with van der Waals surface area (Å²) < 4.78 is 5.65. The maximum absolute atomic E-state index is 11.8. The van der Waals surface area contributed by atoms with Crippen LogP contribution in [0.5, 0.6) is 0 Å². The monoisotopic (exact) mass is 342 g/mol. The van der Waals surface area contributed by atoms with E-state index in [0.717, 1.165) is 12.8 Å². The first-order valence-corrected chi connectivity index (χ1v) is 7.28. The van der Waals surface area contributed by atoms with E-state index < -0.39 is 5.97 Å². The van der Waals surface area contributed by atoms with Crippen LogP contribution in [-0.4, -0.2) is 24.5 Å². The van der Waals surface area contributed by atoms with Crippen LogP contribution in [0.1, 0.15) is 37.0 Å². The second-order valence-corrected chi connectivity index (χ2v) is 5.35. The van der Waals surface area contributed by atoms with Crippen molar-refractivity contribution in [3.8, 4) is 0 Å². The topological polar surface area (TPSA) is 81.4 Å². The van der Waals surface area contributed by atoms with Crippen molar-refractivity contribution in [2.24, 2.45) is 0 Å². The molecular weight excluding hydrogens is 324 g/mol. The van der Waals surface area contributed by atoms with Crippen molar-refractivity contribution in [3.05, 3.63) is 28.2 Å². The molecule has 1 aromatic carbocycles. The SMILES string of the molecule is CCC(CC)NC(=O)COC(=O)c1cc(N)cc(Br)c1. The van der Waals surface area contributed by atoms with Crippen LogP contribution in [0.15, 0.2) is 22.7 Å². The predicted octanol–water partition coefficient (Wildman–Crippen LogP) is 2.49. The molecule has 1 aromatic rings. The summed E-state index contributed by atoms with van der Waals surface area (Å²) in [7, 11) is 0. The number of rotatable bonds is 6. The first-order valence-electron chi connectivity index (χ1n) is 6.48. The van der Waals surface area contributed by atoms with Gasteiger partial charge in [-0.3, -0.25) is 4.79 Å². The van der Waals surface area contributed by atoms with Gasteiger partial charge in [-0.25, -0.2) is 4.79 Å². The molecule has 0 spiro atoms. The Hall–Kier alpha value is -1.56. The molecule has 0 heterocycles. The van der Waals surface area contributed by atoms with Crippen LogP contribution in [0, 0.1) is 0 Å². The number of nitrogen functional groups attached to an aromatic ring is 1. The summed E-state index contributed by atoms with van der Waals surface area (Å²) in [6.45, 7) is 3.69. The van der Waals surface area contributed by atoms with E-state index in [2.05, 4.69) is 21.2 Å². The zero-order chi connectivity index (χ0) is 15.1. The van der Waals surface area contributed by atoms with E-state index in [-0.39, 0.29) is 18.6 Å². The van der Waals surface area contributed by atoms with Gasteiger partial charge in [0.15, 0.2) is 6.61 Å². The van der Waals surface area contributed by atoms with Gasteiger partial charge >= 0.3 is 5.97 Å². The number of anilines is 1. The molecular formula is C14H19BrN2O3. The van der Waals surface area contributed by atoms with Gasteiger partial charge in [0.1, 0.15) is 0 Å². The highest BCUT2D eigenvalue weighted by Crippen LogP contribution is 2.17. The lowest BCUT2D eigenvalue weighted by molar-refractivity contribution is -0.125. The van der Waals surface area contributed by atoms with E-state index in [1.807, 2.05) is 13.8 Å². The van der Waals surface area contributed by atoms with Gasteiger partial charge in [0.2, 0.25) is 0 Å². The molecule has 6 heteroatoms. The third-order valence-corrected chi connectivity index (χ3v) is 3.30. The smallest absolute Gasteiger partial charge is 0.338 e. The predicted molar refractivity (Wildman–Crippen MR) is 81.3 cm³/mol. The van der Waals surface area contributed by atoms with Gasteiger partial charge < -0.3 is 15.8 Å². The number of hydrogen-bond acceptors (Lipinski definition) is 4. The molecule has 0 saturated heterocycles. The zero-order valence-electron chi connectivity index (χ0n) is 11.6. The molecule has 0 atom stereocenters. The molecule has 110 valence electrons. The van der Waals surface area contributed by atoms with Crippen LogP contribution in [0.4, 0.5) is 5.69 Å². The summed E-state index contributed by atoms with van der Waals surface area (Å²) in [5.41, 5.74) is 6.40. The Morgan fingerprint density at radius 1 is 1.30 bits per heavy atom. The fourth-order valence-corrected chi connectivity index (χ4v) is 2.22. The van der Waals surface area contributed by atoms with Crippen molar-refractivity contribution in [3.63, 3.8) is 0 Å². The fourth-order valence-electron chi connectivity index (χ4n) is 1.71. The minimum absolute atomic E-state index is 0.114. The van der Waals surface area contributed by atoms with Crippen LogP contribution >= 0.6 is 15.9 Å². The molecule has 0 aliphatic rings. The van der Waals surface area contributed by atoms with Crippen molar-refractivity contribution in [2.45, 2.75) is 32.7 Å². The lowest BCUT2D eigenvalue weighted by Gasteiger charge is -2.14. The minimum atomic E-state index is -0.572. The fraction of sp³-hybridized carbons (Fsp3) is 0.429. The third-order valence-electron chi connectivity index (χ3n) is 2.84. The van der Waals surface area contributed by atoms with Crippen molar-refractivity contribution < 1.29 is 14.3 Å². The average molecular weight is 343 g/mol. The standard InChI is InChI=1S/C14H19BrN2O3/c1-3-12(4-2)17-13(18)8-20-14(19)9-5-10(15)7-11(16)6-9/h5-7,12H,3-4,8,16H2,1-2H3,(H,17,18). The second-order valence-electron chi connectivity index (χ2n) is 4.43. The number of hydrogen-bond donors (Lipinski definition) is 2. The summed E-state index contributed by atoms with van der Waals surface area (Å²) in [5, 5.41) is 2.80. The second kappa shape index (κ2) is 7.89. The Morgan fingerprint density at radius 2 is 1.95 bits per heavy atom. The van der Waals surface area contributed by atoms with Crippen LogP contribution in [-0.2, 0) is 9.53 Å². The van der Waals surface area contributed by atoms with Crippen LogP contribution in [0.25, 0.3) is 0 Å². The summed E-state index contributed by atoms with van der Waals surface area (Å²) in [4.78, 5) is 23.4. The van der Waals surface area contributed by atoms with Gasteiger partial charge in [-0.15, -0.1) is 0 Å². The number of halogens is 1. The van der Waals surface area contributed by atoms with Crippen LogP contribution < -0.4 is 11.1 Å². The number of ether oxygens (including phenoxy) is 1. The molecule has 0 bridgehead atoms. The average Bonchev–Trinajstić information content (AvgIpc) is 2.41. The lowest BCUT2D eigenvalue weighted by atomic mass is 10.2. The lowest BCUT2D eigenvalue weighted by Crippen LogP contribution is -2.36. The van der Waals surface area contributed by atoms with Crippen LogP contribution in [0.2, 0.25) is 0 Å². The van der Waals surface area contributed by atoms with E-state index in [4.69, 9.17) is 10.5 Å². The highest BCUT2D eigenvalue weighted by Gasteiger charge is 2.13. The zero-order valence-corrected chi connectivity index (χ0v) is 13.2. The molecule has 5 nitrogen and oxygen atoms in total. The number of amides is 1. The first kappa shape index (κ1) is 16.5. The van der Waals surface area contributed by atoms with Gasteiger partial charge in [0.05, 0.1) is 5.56 Å². The first-order chi connectivity index (χ1) is 9.46. The molecule has 0 radical (unpaired) electrons. The Balaban J connectivity index is 2.52. The quantitative estimate of drug-likeness (QED) is 0.614. The minimum Gasteiger partial charge on any atom is -0.452 e. The Bertz CT molecular complexity index is 467. The van der Waals surface area contributed by atoms with Crippen molar-refractivity contribution in [2.75, 3.05) is 12.3 Å². The Labute approximate surface area is 127 Å². The molecule has 0 fully saturated rings. The van der Waals surface area contributed by atoms with E-state index >= 15 is 0 Å². The number of benzene rings is 1.